The Labute approximate surface area is 70.1 Å². The van der Waals surface area contributed by atoms with Crippen molar-refractivity contribution >= 4 is 22.2 Å². The Morgan fingerprint density at radius 1 is 1.18 bits per heavy atom. The molecular formula is C4H11NO4S2. The van der Waals surface area contributed by atoms with Gasteiger partial charge in [-0.1, -0.05) is 0 Å². The number of hydrogen-bond donors (Lipinski definition) is 3. The molecule has 3 N–H and O–H groups in total. The summed E-state index contributed by atoms with van der Waals surface area (Å²) in [5.41, 5.74) is 0. The minimum atomic E-state index is -4.67. The van der Waals surface area contributed by atoms with Gasteiger partial charge in [0.25, 0.3) is 0 Å². The third kappa shape index (κ3) is 17.8. The van der Waals surface area contributed by atoms with Crippen molar-refractivity contribution < 1.29 is 17.5 Å². The van der Waals surface area contributed by atoms with Gasteiger partial charge in [0.1, 0.15) is 0 Å². The summed E-state index contributed by atoms with van der Waals surface area (Å²) in [6.45, 7) is 2.43. The average molecular weight is 201 g/mol. The SMILES string of the molecule is C1CSCCN1.O=S(=O)(O)O. The smallest absolute Gasteiger partial charge is 0.315 e. The lowest BCUT2D eigenvalue weighted by Gasteiger charge is -2.08. The number of thioether (sulfide) groups is 1. The highest BCUT2D eigenvalue weighted by Gasteiger charge is 1.93. The summed E-state index contributed by atoms with van der Waals surface area (Å²) in [6, 6.07) is 0. The molecule has 0 unspecified atom stereocenters. The zero-order valence-corrected chi connectivity index (χ0v) is 7.49. The summed E-state index contributed by atoms with van der Waals surface area (Å²) in [5, 5.41) is 3.26. The molecule has 0 aromatic carbocycles. The zero-order chi connectivity index (χ0) is 8.74. The van der Waals surface area contributed by atoms with Gasteiger partial charge in [0.2, 0.25) is 0 Å². The molecule has 0 atom stereocenters. The zero-order valence-electron chi connectivity index (χ0n) is 5.86. The summed E-state index contributed by atoms with van der Waals surface area (Å²) in [4.78, 5) is 0. The van der Waals surface area contributed by atoms with Crippen LogP contribution in [0.15, 0.2) is 0 Å². The van der Waals surface area contributed by atoms with E-state index in [2.05, 4.69) is 5.32 Å². The normalized spacial score (nSPS) is 18.4. The van der Waals surface area contributed by atoms with Gasteiger partial charge in [-0.25, -0.2) is 0 Å². The van der Waals surface area contributed by atoms with E-state index in [1.807, 2.05) is 11.8 Å². The van der Waals surface area contributed by atoms with Gasteiger partial charge < -0.3 is 5.32 Å². The molecule has 5 nitrogen and oxygen atoms in total. The van der Waals surface area contributed by atoms with E-state index in [1.54, 1.807) is 0 Å². The first-order valence-electron chi connectivity index (χ1n) is 2.98. The van der Waals surface area contributed by atoms with E-state index < -0.39 is 10.4 Å². The van der Waals surface area contributed by atoms with Crippen molar-refractivity contribution in [3.63, 3.8) is 0 Å². The van der Waals surface area contributed by atoms with Crippen LogP contribution in [0.2, 0.25) is 0 Å². The van der Waals surface area contributed by atoms with Crippen molar-refractivity contribution in [1.29, 1.82) is 0 Å². The molecule has 11 heavy (non-hydrogen) atoms. The van der Waals surface area contributed by atoms with Gasteiger partial charge in [-0.3, -0.25) is 9.11 Å². The number of nitrogens with one attached hydrogen (secondary N) is 1. The van der Waals surface area contributed by atoms with Crippen molar-refractivity contribution in [2.45, 2.75) is 0 Å². The Balaban J connectivity index is 0.000000187. The largest absolute Gasteiger partial charge is 0.394 e. The van der Waals surface area contributed by atoms with E-state index in [9.17, 15) is 0 Å². The molecule has 0 bridgehead atoms. The van der Waals surface area contributed by atoms with E-state index in [0.29, 0.717) is 0 Å². The van der Waals surface area contributed by atoms with Crippen LogP contribution in [-0.4, -0.2) is 42.1 Å². The summed E-state index contributed by atoms with van der Waals surface area (Å²) >= 11 is 2.03. The molecule has 0 radical (unpaired) electrons. The van der Waals surface area contributed by atoms with E-state index in [4.69, 9.17) is 17.5 Å². The predicted molar refractivity (Wildman–Crippen MR) is 44.4 cm³/mol. The molecule has 1 aliphatic heterocycles. The van der Waals surface area contributed by atoms with Gasteiger partial charge in [0.15, 0.2) is 0 Å². The van der Waals surface area contributed by atoms with Gasteiger partial charge in [-0.2, -0.15) is 20.2 Å². The monoisotopic (exact) mass is 201 g/mol. The van der Waals surface area contributed by atoms with Crippen LogP contribution in [0.1, 0.15) is 0 Å². The lowest BCUT2D eigenvalue weighted by atomic mass is 10.6. The van der Waals surface area contributed by atoms with Gasteiger partial charge in [0.05, 0.1) is 0 Å². The highest BCUT2D eigenvalue weighted by Crippen LogP contribution is 1.99. The Morgan fingerprint density at radius 2 is 1.55 bits per heavy atom. The second kappa shape index (κ2) is 5.78. The van der Waals surface area contributed by atoms with Gasteiger partial charge >= 0.3 is 10.4 Å². The number of rotatable bonds is 0. The maximum Gasteiger partial charge on any atom is 0.394 e. The van der Waals surface area contributed by atoms with E-state index in [0.717, 1.165) is 0 Å². The molecule has 0 aromatic rings. The Morgan fingerprint density at radius 3 is 1.64 bits per heavy atom. The molecule has 1 fully saturated rings. The molecule has 1 saturated heterocycles. The van der Waals surface area contributed by atoms with Crippen LogP contribution in [0.3, 0.4) is 0 Å². The minimum absolute atomic E-state index is 1.21. The lowest BCUT2D eigenvalue weighted by Crippen LogP contribution is -2.24. The van der Waals surface area contributed by atoms with Gasteiger partial charge in [-0.15, -0.1) is 0 Å². The molecule has 1 heterocycles. The second-order valence-electron chi connectivity index (χ2n) is 1.81. The van der Waals surface area contributed by atoms with Crippen LogP contribution < -0.4 is 5.32 Å². The maximum absolute atomic E-state index is 8.74. The third-order valence-electron chi connectivity index (χ3n) is 0.846. The van der Waals surface area contributed by atoms with Crippen LogP contribution >= 0.6 is 11.8 Å². The van der Waals surface area contributed by atoms with Crippen molar-refractivity contribution in [1.82, 2.24) is 5.32 Å². The average Bonchev–Trinajstić information content (AvgIpc) is 1.88. The van der Waals surface area contributed by atoms with E-state index in [1.165, 1.54) is 24.6 Å². The standard InChI is InChI=1S/C4H9NS.H2O4S/c1-3-6-4-2-5-1;1-5(2,3)4/h5H,1-4H2;(H2,1,2,3,4). The third-order valence-corrected chi connectivity index (χ3v) is 1.83. The summed E-state index contributed by atoms with van der Waals surface area (Å²) in [5.74, 6) is 2.61. The highest BCUT2D eigenvalue weighted by atomic mass is 32.3. The summed E-state index contributed by atoms with van der Waals surface area (Å²) in [7, 11) is -4.67. The van der Waals surface area contributed by atoms with Crippen molar-refractivity contribution in [3.05, 3.63) is 0 Å². The van der Waals surface area contributed by atoms with Crippen molar-refractivity contribution in [2.24, 2.45) is 0 Å². The van der Waals surface area contributed by atoms with Crippen LogP contribution in [0, 0.1) is 0 Å². The van der Waals surface area contributed by atoms with E-state index in [-0.39, 0.29) is 0 Å². The molecule has 68 valence electrons. The van der Waals surface area contributed by atoms with Crippen molar-refractivity contribution in [3.8, 4) is 0 Å². The fourth-order valence-electron chi connectivity index (χ4n) is 0.516. The quantitative estimate of drug-likeness (QED) is 0.465. The molecule has 7 heteroatoms. The van der Waals surface area contributed by atoms with Crippen LogP contribution in [0.5, 0.6) is 0 Å². The first kappa shape index (κ1) is 11.2. The second-order valence-corrected chi connectivity index (χ2v) is 3.93. The molecule has 1 aliphatic rings. The molecule has 0 saturated carbocycles. The Bertz CT molecular complexity index is 155. The maximum atomic E-state index is 8.74. The summed E-state index contributed by atoms with van der Waals surface area (Å²) < 4.78 is 31.6. The molecular weight excluding hydrogens is 190 g/mol. The minimum Gasteiger partial charge on any atom is -0.315 e. The lowest BCUT2D eigenvalue weighted by molar-refractivity contribution is 0.381. The van der Waals surface area contributed by atoms with Crippen molar-refractivity contribution in [2.75, 3.05) is 24.6 Å². The topological polar surface area (TPSA) is 86.6 Å². The fraction of sp³-hybridized carbons (Fsp3) is 1.00. The molecule has 0 aromatic heterocycles. The predicted octanol–water partition coefficient (Wildman–Crippen LogP) is -0.330. The Hall–Kier alpha value is 0.180. The van der Waals surface area contributed by atoms with Gasteiger partial charge in [0, 0.05) is 24.6 Å². The fourth-order valence-corrected chi connectivity index (χ4v) is 1.30. The van der Waals surface area contributed by atoms with Crippen LogP contribution in [-0.2, 0) is 10.4 Å². The first-order valence-corrected chi connectivity index (χ1v) is 5.53. The highest BCUT2D eigenvalue weighted by molar-refractivity contribution is 7.99. The first-order chi connectivity index (χ1) is 5.00. The summed E-state index contributed by atoms with van der Waals surface area (Å²) in [6.07, 6.45) is 0. The van der Waals surface area contributed by atoms with Crippen LogP contribution in [0.25, 0.3) is 0 Å². The molecule has 0 amide bonds. The Kier molecular flexibility index (Phi) is 5.88. The molecule has 1 rings (SSSR count). The van der Waals surface area contributed by atoms with E-state index >= 15 is 0 Å². The van der Waals surface area contributed by atoms with Crippen LogP contribution in [0.4, 0.5) is 0 Å². The van der Waals surface area contributed by atoms with Gasteiger partial charge in [-0.05, 0) is 0 Å². The molecule has 0 aliphatic carbocycles. The molecule has 0 spiro atoms. The number of hydrogen-bond acceptors (Lipinski definition) is 4.